The molecule has 128 valence electrons. The van der Waals surface area contributed by atoms with E-state index in [2.05, 4.69) is 15.0 Å². The Balaban J connectivity index is 1.98. The first-order valence-electron chi connectivity index (χ1n) is 7.72. The van der Waals surface area contributed by atoms with E-state index in [0.29, 0.717) is 17.7 Å². The van der Waals surface area contributed by atoms with Gasteiger partial charge in [-0.2, -0.15) is 0 Å². The molecule has 24 heavy (non-hydrogen) atoms. The number of nitrogens with one attached hydrogen (secondary N) is 2. The van der Waals surface area contributed by atoms with Gasteiger partial charge in [-0.05, 0) is 37.1 Å². The summed E-state index contributed by atoms with van der Waals surface area (Å²) < 4.78 is 27.1. The minimum Gasteiger partial charge on any atom is -0.347 e. The van der Waals surface area contributed by atoms with E-state index in [-0.39, 0.29) is 17.5 Å². The van der Waals surface area contributed by atoms with Gasteiger partial charge in [-0.3, -0.25) is 9.78 Å². The molecule has 1 unspecified atom stereocenters. The molecule has 0 spiro atoms. The number of hydrogen-bond donors (Lipinski definition) is 2. The Bertz CT molecular complexity index is 792. The molecule has 0 aliphatic heterocycles. The first-order chi connectivity index (χ1) is 11.4. The molecule has 2 N–H and O–H groups in total. The highest BCUT2D eigenvalue weighted by atomic mass is 32.2. The fraction of sp³-hybridized carbons (Fsp3) is 0.294. The lowest BCUT2D eigenvalue weighted by atomic mass is 10.2. The van der Waals surface area contributed by atoms with Gasteiger partial charge in [0.05, 0.1) is 23.2 Å². The molecular weight excluding hydrogens is 326 g/mol. The van der Waals surface area contributed by atoms with Crippen LogP contribution in [0.1, 0.15) is 31.1 Å². The van der Waals surface area contributed by atoms with Crippen molar-refractivity contribution >= 4 is 15.9 Å². The van der Waals surface area contributed by atoms with Gasteiger partial charge < -0.3 is 5.32 Å². The monoisotopic (exact) mass is 347 g/mol. The second-order valence-corrected chi connectivity index (χ2v) is 7.07. The van der Waals surface area contributed by atoms with Crippen LogP contribution >= 0.6 is 0 Å². The molecule has 0 aliphatic rings. The zero-order valence-corrected chi connectivity index (χ0v) is 14.5. The maximum absolute atomic E-state index is 12.4. The number of carbonyl (C=O) groups excluding carboxylic acids is 1. The topological polar surface area (TPSA) is 88.2 Å². The van der Waals surface area contributed by atoms with Crippen LogP contribution in [0.15, 0.2) is 53.6 Å². The largest absolute Gasteiger partial charge is 0.347 e. The van der Waals surface area contributed by atoms with E-state index < -0.39 is 15.9 Å². The summed E-state index contributed by atoms with van der Waals surface area (Å²) in [6, 6.07) is 11.9. The molecule has 7 heteroatoms. The second kappa shape index (κ2) is 8.03. The van der Waals surface area contributed by atoms with E-state index in [1.54, 1.807) is 43.5 Å². The van der Waals surface area contributed by atoms with Crippen molar-refractivity contribution in [3.63, 3.8) is 0 Å². The van der Waals surface area contributed by atoms with Crippen LogP contribution in [0.5, 0.6) is 0 Å². The van der Waals surface area contributed by atoms with E-state index >= 15 is 0 Å². The third-order valence-electron chi connectivity index (χ3n) is 3.57. The summed E-state index contributed by atoms with van der Waals surface area (Å²) in [5.74, 6) is -0.411. The third-order valence-corrected chi connectivity index (χ3v) is 5.08. The van der Waals surface area contributed by atoms with Gasteiger partial charge in [-0.1, -0.05) is 31.2 Å². The van der Waals surface area contributed by atoms with E-state index in [9.17, 15) is 13.2 Å². The smallest absolute Gasteiger partial charge is 0.241 e. The van der Waals surface area contributed by atoms with Crippen LogP contribution in [0.4, 0.5) is 0 Å². The third kappa shape index (κ3) is 4.62. The molecule has 0 saturated carbocycles. The van der Waals surface area contributed by atoms with Crippen molar-refractivity contribution in [2.75, 3.05) is 6.54 Å². The molecule has 0 aliphatic carbocycles. The average Bonchev–Trinajstić information content (AvgIpc) is 2.60. The molecule has 6 nitrogen and oxygen atoms in total. The molecule has 2 rings (SSSR count). The van der Waals surface area contributed by atoms with Crippen LogP contribution in [0.3, 0.4) is 0 Å². The molecular formula is C17H21N3O3S. The van der Waals surface area contributed by atoms with Gasteiger partial charge in [0, 0.05) is 6.20 Å². The SMILES string of the molecule is CCc1ccccc1S(=O)(=O)NCC(=O)NC(C)c1ccccn1. The van der Waals surface area contributed by atoms with Gasteiger partial charge in [0.25, 0.3) is 0 Å². The van der Waals surface area contributed by atoms with Crippen LogP contribution in [0.2, 0.25) is 0 Å². The van der Waals surface area contributed by atoms with Gasteiger partial charge >= 0.3 is 0 Å². The van der Waals surface area contributed by atoms with Crippen LogP contribution < -0.4 is 10.0 Å². The van der Waals surface area contributed by atoms with Crippen molar-refractivity contribution in [2.45, 2.75) is 31.2 Å². The predicted octanol–water partition coefficient (Wildman–Crippen LogP) is 1.80. The van der Waals surface area contributed by atoms with E-state index in [1.807, 2.05) is 13.0 Å². The number of aryl methyl sites for hydroxylation is 1. The molecule has 0 bridgehead atoms. The average molecular weight is 347 g/mol. The molecule has 2 aromatic rings. The number of sulfonamides is 1. The Hall–Kier alpha value is -2.25. The maximum Gasteiger partial charge on any atom is 0.241 e. The first kappa shape index (κ1) is 18.1. The Morgan fingerprint density at radius 3 is 2.54 bits per heavy atom. The van der Waals surface area contributed by atoms with Crippen LogP contribution in [-0.4, -0.2) is 25.9 Å². The highest BCUT2D eigenvalue weighted by Crippen LogP contribution is 2.15. The second-order valence-electron chi connectivity index (χ2n) is 5.33. The zero-order chi connectivity index (χ0) is 17.6. The van der Waals surface area contributed by atoms with Gasteiger partial charge in [-0.25, -0.2) is 13.1 Å². The quantitative estimate of drug-likeness (QED) is 0.799. The fourth-order valence-electron chi connectivity index (χ4n) is 2.29. The molecule has 1 amide bonds. The lowest BCUT2D eigenvalue weighted by Gasteiger charge is -2.14. The van der Waals surface area contributed by atoms with Crippen LogP contribution in [-0.2, 0) is 21.2 Å². The summed E-state index contributed by atoms with van der Waals surface area (Å²) in [5, 5.41) is 2.72. The lowest BCUT2D eigenvalue weighted by Crippen LogP contribution is -2.38. The first-order valence-corrected chi connectivity index (χ1v) is 9.20. The minimum atomic E-state index is -3.72. The summed E-state index contributed by atoms with van der Waals surface area (Å²) in [4.78, 5) is 16.4. The number of carbonyl (C=O) groups is 1. The van der Waals surface area contributed by atoms with Crippen molar-refractivity contribution < 1.29 is 13.2 Å². The van der Waals surface area contributed by atoms with Crippen molar-refractivity contribution in [1.29, 1.82) is 0 Å². The number of hydrogen-bond acceptors (Lipinski definition) is 4. The number of benzene rings is 1. The number of amides is 1. The van der Waals surface area contributed by atoms with Crippen molar-refractivity contribution in [3.05, 3.63) is 59.9 Å². The highest BCUT2D eigenvalue weighted by Gasteiger charge is 2.19. The van der Waals surface area contributed by atoms with E-state index in [0.717, 1.165) is 0 Å². The van der Waals surface area contributed by atoms with Crippen LogP contribution in [0, 0.1) is 0 Å². The highest BCUT2D eigenvalue weighted by molar-refractivity contribution is 7.89. The molecule has 0 fully saturated rings. The van der Waals surface area contributed by atoms with Gasteiger partial charge in [0.2, 0.25) is 15.9 Å². The molecule has 0 saturated heterocycles. The predicted molar refractivity (Wildman–Crippen MR) is 91.8 cm³/mol. The summed E-state index contributed by atoms with van der Waals surface area (Å²) >= 11 is 0. The standard InChI is InChI=1S/C17H21N3O3S/c1-3-14-8-4-5-10-16(14)24(22,23)19-12-17(21)20-13(2)15-9-6-7-11-18-15/h4-11,13,19H,3,12H2,1-2H3,(H,20,21). The fourth-order valence-corrected chi connectivity index (χ4v) is 3.59. The Labute approximate surface area is 142 Å². The molecule has 1 atom stereocenters. The van der Waals surface area contributed by atoms with Crippen molar-refractivity contribution in [3.8, 4) is 0 Å². The summed E-state index contributed by atoms with van der Waals surface area (Å²) in [6.07, 6.45) is 2.24. The Kier molecular flexibility index (Phi) is 6.05. The number of rotatable bonds is 7. The molecule has 0 radical (unpaired) electrons. The molecule has 1 aromatic heterocycles. The summed E-state index contributed by atoms with van der Waals surface area (Å²) in [5.41, 5.74) is 1.43. The number of aromatic nitrogens is 1. The van der Waals surface area contributed by atoms with Gasteiger partial charge in [0.1, 0.15) is 0 Å². The van der Waals surface area contributed by atoms with Crippen molar-refractivity contribution in [2.24, 2.45) is 0 Å². The Morgan fingerprint density at radius 2 is 1.88 bits per heavy atom. The van der Waals surface area contributed by atoms with Gasteiger partial charge in [-0.15, -0.1) is 0 Å². The number of nitrogens with zero attached hydrogens (tertiary/aromatic N) is 1. The van der Waals surface area contributed by atoms with Crippen LogP contribution in [0.25, 0.3) is 0 Å². The van der Waals surface area contributed by atoms with Crippen molar-refractivity contribution in [1.82, 2.24) is 15.0 Å². The summed E-state index contributed by atoms with van der Waals surface area (Å²) in [6.45, 7) is 3.36. The number of pyridine rings is 1. The molecule has 1 aromatic carbocycles. The van der Waals surface area contributed by atoms with E-state index in [4.69, 9.17) is 0 Å². The van der Waals surface area contributed by atoms with E-state index in [1.165, 1.54) is 6.07 Å². The normalized spacial score (nSPS) is 12.6. The van der Waals surface area contributed by atoms with Gasteiger partial charge in [0.15, 0.2) is 0 Å². The summed E-state index contributed by atoms with van der Waals surface area (Å²) in [7, 11) is -3.72. The Morgan fingerprint density at radius 1 is 1.17 bits per heavy atom. The zero-order valence-electron chi connectivity index (χ0n) is 13.7. The lowest BCUT2D eigenvalue weighted by molar-refractivity contribution is -0.120. The minimum absolute atomic E-state index is 0.207. The molecule has 1 heterocycles. The maximum atomic E-state index is 12.4.